The highest BCUT2D eigenvalue weighted by molar-refractivity contribution is 5.93. The number of carbonyl (C=O) groups is 2. The fourth-order valence-electron chi connectivity index (χ4n) is 5.02. The van der Waals surface area contributed by atoms with Gasteiger partial charge in [0, 0.05) is 38.8 Å². The van der Waals surface area contributed by atoms with Crippen molar-refractivity contribution >= 4 is 11.8 Å². The first-order valence-electron chi connectivity index (χ1n) is 9.66. The molecule has 136 valence electrons. The molecular formula is C19H28N4O2. The molecule has 2 heterocycles. The van der Waals surface area contributed by atoms with Crippen molar-refractivity contribution in [3.05, 3.63) is 18.0 Å². The van der Waals surface area contributed by atoms with Crippen molar-refractivity contribution in [2.45, 2.75) is 38.5 Å². The number of piperidine rings is 1. The highest BCUT2D eigenvalue weighted by atomic mass is 16.2. The molecule has 6 nitrogen and oxygen atoms in total. The molecule has 0 unspecified atom stereocenters. The minimum absolute atomic E-state index is 0.0615. The van der Waals surface area contributed by atoms with E-state index in [2.05, 4.69) is 15.3 Å². The third kappa shape index (κ3) is 3.44. The Morgan fingerprint density at radius 2 is 2.00 bits per heavy atom. The van der Waals surface area contributed by atoms with Crippen molar-refractivity contribution < 1.29 is 9.59 Å². The Bertz CT molecular complexity index is 648. The van der Waals surface area contributed by atoms with Gasteiger partial charge < -0.3 is 10.2 Å². The van der Waals surface area contributed by atoms with E-state index in [1.165, 1.54) is 19.3 Å². The Labute approximate surface area is 148 Å². The molecule has 25 heavy (non-hydrogen) atoms. The second-order valence-electron chi connectivity index (χ2n) is 8.16. The fourth-order valence-corrected chi connectivity index (χ4v) is 5.02. The van der Waals surface area contributed by atoms with Gasteiger partial charge in [0.05, 0.1) is 11.8 Å². The molecule has 2 aliphatic carbocycles. The van der Waals surface area contributed by atoms with Crippen LogP contribution in [0.5, 0.6) is 0 Å². The molecular weight excluding hydrogens is 316 g/mol. The van der Waals surface area contributed by atoms with Gasteiger partial charge in [-0.25, -0.2) is 0 Å². The van der Waals surface area contributed by atoms with E-state index in [9.17, 15) is 9.59 Å². The van der Waals surface area contributed by atoms with E-state index in [4.69, 9.17) is 0 Å². The van der Waals surface area contributed by atoms with Crippen LogP contribution in [0.4, 0.5) is 0 Å². The maximum absolute atomic E-state index is 12.8. The summed E-state index contributed by atoms with van der Waals surface area (Å²) in [4.78, 5) is 27.0. The molecule has 0 spiro atoms. The predicted octanol–water partition coefficient (Wildman–Crippen LogP) is 1.82. The smallest absolute Gasteiger partial charge is 0.254 e. The van der Waals surface area contributed by atoms with Gasteiger partial charge in [0.25, 0.3) is 5.91 Å². The summed E-state index contributed by atoms with van der Waals surface area (Å²) < 4.78 is 1.63. The molecule has 1 saturated heterocycles. The number of likely N-dealkylation sites (tertiary alicyclic amines) is 1. The molecule has 0 aromatic carbocycles. The predicted molar refractivity (Wildman–Crippen MR) is 93.8 cm³/mol. The largest absolute Gasteiger partial charge is 0.352 e. The van der Waals surface area contributed by atoms with Crippen molar-refractivity contribution in [3.63, 3.8) is 0 Å². The first-order valence-corrected chi connectivity index (χ1v) is 9.66. The molecule has 1 aromatic heterocycles. The van der Waals surface area contributed by atoms with Gasteiger partial charge in [0.2, 0.25) is 5.91 Å². The van der Waals surface area contributed by atoms with E-state index in [0.29, 0.717) is 35.8 Å². The number of hydrogen-bond acceptors (Lipinski definition) is 3. The quantitative estimate of drug-likeness (QED) is 0.906. The van der Waals surface area contributed by atoms with Crippen molar-refractivity contribution in [2.75, 3.05) is 19.6 Å². The van der Waals surface area contributed by atoms with E-state index >= 15 is 0 Å². The number of aromatic nitrogens is 2. The van der Waals surface area contributed by atoms with Crippen molar-refractivity contribution in [3.8, 4) is 0 Å². The first-order chi connectivity index (χ1) is 12.1. The van der Waals surface area contributed by atoms with Crippen LogP contribution in [-0.2, 0) is 11.8 Å². The lowest BCUT2D eigenvalue weighted by molar-refractivity contribution is -0.138. The topological polar surface area (TPSA) is 67.2 Å². The summed E-state index contributed by atoms with van der Waals surface area (Å²) in [5.41, 5.74) is 0.603. The average Bonchev–Trinajstić information content (AvgIpc) is 3.36. The van der Waals surface area contributed by atoms with Crippen LogP contribution in [0.15, 0.2) is 12.4 Å². The summed E-state index contributed by atoms with van der Waals surface area (Å²) in [5, 5.41) is 7.03. The van der Waals surface area contributed by atoms with Gasteiger partial charge in [-0.2, -0.15) is 5.10 Å². The molecule has 2 saturated carbocycles. The monoisotopic (exact) mass is 344 g/mol. The van der Waals surface area contributed by atoms with Crippen molar-refractivity contribution in [1.82, 2.24) is 20.0 Å². The molecule has 4 rings (SSSR count). The zero-order chi connectivity index (χ0) is 17.4. The van der Waals surface area contributed by atoms with Crippen molar-refractivity contribution in [1.29, 1.82) is 0 Å². The van der Waals surface area contributed by atoms with Crippen LogP contribution in [0.25, 0.3) is 0 Å². The summed E-state index contributed by atoms with van der Waals surface area (Å²) in [6, 6.07) is 0. The van der Waals surface area contributed by atoms with Crippen LogP contribution in [0.3, 0.4) is 0 Å². The van der Waals surface area contributed by atoms with Gasteiger partial charge in [-0.15, -0.1) is 0 Å². The Morgan fingerprint density at radius 3 is 2.60 bits per heavy atom. The molecule has 2 amide bonds. The number of carbonyl (C=O) groups excluding carboxylic acids is 2. The Kier molecular flexibility index (Phi) is 4.52. The zero-order valence-corrected chi connectivity index (χ0v) is 15.0. The number of fused-ring (bicyclic) bond motifs is 2. The minimum Gasteiger partial charge on any atom is -0.352 e. The number of hydrogen-bond donors (Lipinski definition) is 1. The Hall–Kier alpha value is -1.85. The second-order valence-corrected chi connectivity index (χ2v) is 8.16. The summed E-state index contributed by atoms with van der Waals surface area (Å²) in [5.74, 6) is 2.59. The SMILES string of the molecule is Cn1cc(C(=O)NCC2CCN(C(=O)[C@@H]3C[C@H]4CC[C@H]3C4)CC2)cn1. The fraction of sp³-hybridized carbons (Fsp3) is 0.737. The maximum atomic E-state index is 12.8. The van der Waals surface area contributed by atoms with E-state index in [1.54, 1.807) is 24.1 Å². The van der Waals surface area contributed by atoms with Gasteiger partial charge in [-0.05, 0) is 49.9 Å². The molecule has 6 heteroatoms. The lowest BCUT2D eigenvalue weighted by Gasteiger charge is -2.35. The highest BCUT2D eigenvalue weighted by Gasteiger charge is 2.44. The second kappa shape index (κ2) is 6.81. The summed E-state index contributed by atoms with van der Waals surface area (Å²) in [7, 11) is 1.81. The summed E-state index contributed by atoms with van der Waals surface area (Å²) in [6.45, 7) is 2.38. The summed E-state index contributed by atoms with van der Waals surface area (Å²) >= 11 is 0. The van der Waals surface area contributed by atoms with Crippen LogP contribution in [0, 0.1) is 23.7 Å². The van der Waals surface area contributed by atoms with Gasteiger partial charge in [-0.1, -0.05) is 6.42 Å². The van der Waals surface area contributed by atoms with Crippen LogP contribution >= 0.6 is 0 Å². The number of rotatable bonds is 4. The Balaban J connectivity index is 1.22. The molecule has 3 atom stereocenters. The Morgan fingerprint density at radius 1 is 1.20 bits per heavy atom. The molecule has 3 aliphatic rings. The standard InChI is InChI=1S/C19H28N4O2/c1-22-12-16(11-21-22)18(24)20-10-13-4-6-23(7-5-13)19(25)17-9-14-2-3-15(17)8-14/h11-15,17H,2-10H2,1H3,(H,20,24)/t14-,15-,17+/m0/s1. The van der Waals surface area contributed by atoms with E-state index < -0.39 is 0 Å². The molecule has 0 radical (unpaired) electrons. The van der Waals surface area contributed by atoms with Crippen LogP contribution in [-0.4, -0.2) is 46.1 Å². The summed E-state index contributed by atoms with van der Waals surface area (Å²) in [6.07, 6.45) is 10.3. The average molecular weight is 344 g/mol. The lowest BCUT2D eigenvalue weighted by atomic mass is 9.86. The minimum atomic E-state index is -0.0615. The third-order valence-electron chi connectivity index (χ3n) is 6.50. The van der Waals surface area contributed by atoms with Crippen LogP contribution in [0.2, 0.25) is 0 Å². The number of aryl methyl sites for hydroxylation is 1. The van der Waals surface area contributed by atoms with Gasteiger partial charge in [0.1, 0.15) is 0 Å². The van der Waals surface area contributed by atoms with E-state index in [0.717, 1.165) is 38.3 Å². The van der Waals surface area contributed by atoms with Crippen molar-refractivity contribution in [2.24, 2.45) is 30.7 Å². The normalized spacial score (nSPS) is 29.2. The van der Waals surface area contributed by atoms with Gasteiger partial charge >= 0.3 is 0 Å². The van der Waals surface area contributed by atoms with Crippen LogP contribution < -0.4 is 5.32 Å². The molecule has 2 bridgehead atoms. The first kappa shape index (κ1) is 16.6. The molecule has 1 N–H and O–H groups in total. The number of amides is 2. The zero-order valence-electron chi connectivity index (χ0n) is 15.0. The molecule has 3 fully saturated rings. The van der Waals surface area contributed by atoms with E-state index in [1.807, 2.05) is 0 Å². The molecule has 1 aliphatic heterocycles. The van der Waals surface area contributed by atoms with Gasteiger partial charge in [-0.3, -0.25) is 14.3 Å². The van der Waals surface area contributed by atoms with Gasteiger partial charge in [0.15, 0.2) is 0 Å². The highest BCUT2D eigenvalue weighted by Crippen LogP contribution is 2.49. The number of nitrogens with one attached hydrogen (secondary N) is 1. The number of nitrogens with zero attached hydrogens (tertiary/aromatic N) is 3. The third-order valence-corrected chi connectivity index (χ3v) is 6.50. The lowest BCUT2D eigenvalue weighted by Crippen LogP contribution is -2.44. The molecule has 1 aromatic rings. The van der Waals surface area contributed by atoms with E-state index in [-0.39, 0.29) is 5.91 Å². The maximum Gasteiger partial charge on any atom is 0.254 e. The van der Waals surface area contributed by atoms with Crippen LogP contribution in [0.1, 0.15) is 48.9 Å².